The molecule has 2 heterocycles. The normalized spacial score (nSPS) is 13.3. The molecule has 0 aliphatic rings. The van der Waals surface area contributed by atoms with Crippen LogP contribution < -0.4 is 5.32 Å². The maximum atomic E-state index is 5.28. The van der Waals surface area contributed by atoms with Gasteiger partial charge in [0.25, 0.3) is 0 Å². The first-order valence-corrected chi connectivity index (χ1v) is 7.12. The van der Waals surface area contributed by atoms with Crippen molar-refractivity contribution in [2.24, 2.45) is 5.92 Å². The molecule has 5 nitrogen and oxygen atoms in total. The monoisotopic (exact) mass is 276 g/mol. The molecule has 0 saturated heterocycles. The number of rotatable bonds is 6. The van der Waals surface area contributed by atoms with Crippen molar-refractivity contribution in [3.05, 3.63) is 24.2 Å². The third-order valence-corrected chi connectivity index (χ3v) is 3.47. The molecular formula is C15H24N4O. The van der Waals surface area contributed by atoms with E-state index in [1.807, 2.05) is 10.7 Å². The molecule has 0 amide bonds. The van der Waals surface area contributed by atoms with Gasteiger partial charge in [0.2, 0.25) is 0 Å². The van der Waals surface area contributed by atoms with E-state index in [9.17, 15) is 0 Å². The van der Waals surface area contributed by atoms with Gasteiger partial charge in [-0.05, 0) is 17.9 Å². The lowest BCUT2D eigenvalue weighted by Gasteiger charge is -2.22. The van der Waals surface area contributed by atoms with Gasteiger partial charge in [0.1, 0.15) is 5.52 Å². The summed E-state index contributed by atoms with van der Waals surface area (Å²) in [7, 11) is 1.72. The van der Waals surface area contributed by atoms with E-state index in [2.05, 4.69) is 49.2 Å². The first kappa shape index (κ1) is 14.8. The molecule has 0 fully saturated rings. The number of aromatic nitrogens is 3. The van der Waals surface area contributed by atoms with Gasteiger partial charge in [-0.1, -0.05) is 27.7 Å². The molecule has 1 unspecified atom stereocenters. The van der Waals surface area contributed by atoms with Crippen molar-refractivity contribution in [1.29, 1.82) is 0 Å². The number of anilines is 1. The first-order valence-electron chi connectivity index (χ1n) is 7.12. The van der Waals surface area contributed by atoms with Crippen LogP contribution >= 0.6 is 0 Å². The molecule has 2 aromatic heterocycles. The van der Waals surface area contributed by atoms with E-state index in [0.717, 1.165) is 17.0 Å². The van der Waals surface area contributed by atoms with Gasteiger partial charge in [0, 0.05) is 19.5 Å². The van der Waals surface area contributed by atoms with Crippen LogP contribution in [0.1, 0.15) is 39.3 Å². The molecular weight excluding hydrogens is 252 g/mol. The Morgan fingerprint density at radius 1 is 1.30 bits per heavy atom. The molecule has 5 heteroatoms. The van der Waals surface area contributed by atoms with Crippen molar-refractivity contribution in [2.75, 3.05) is 19.0 Å². The minimum Gasteiger partial charge on any atom is -0.383 e. The van der Waals surface area contributed by atoms with E-state index in [1.165, 1.54) is 0 Å². The highest BCUT2D eigenvalue weighted by Gasteiger charge is 2.16. The second-order valence-corrected chi connectivity index (χ2v) is 5.78. The highest BCUT2D eigenvalue weighted by molar-refractivity contribution is 5.68. The van der Waals surface area contributed by atoms with Gasteiger partial charge in [-0.25, -0.2) is 9.50 Å². The number of fused-ring (bicyclic) bond motifs is 1. The van der Waals surface area contributed by atoms with Gasteiger partial charge < -0.3 is 10.1 Å². The number of ether oxygens (including phenoxy) is 1. The summed E-state index contributed by atoms with van der Waals surface area (Å²) in [5.41, 5.74) is 2.09. The van der Waals surface area contributed by atoms with Gasteiger partial charge in [0.05, 0.1) is 18.3 Å². The summed E-state index contributed by atoms with van der Waals surface area (Å²) in [6, 6.07) is 2.33. The lowest BCUT2D eigenvalue weighted by molar-refractivity contribution is 0.171. The standard InChI is InChI=1S/C15H24N4O/c1-10(2)12-8-14-15(16-6-7-19(14)18-12)17-13(9-20-5)11(3)4/h6-8,10-11,13H,9H2,1-5H3,(H,16,17). The maximum Gasteiger partial charge on any atom is 0.152 e. The fourth-order valence-electron chi connectivity index (χ4n) is 2.09. The van der Waals surface area contributed by atoms with E-state index < -0.39 is 0 Å². The average Bonchev–Trinajstić information content (AvgIpc) is 2.83. The predicted octanol–water partition coefficient (Wildman–Crippen LogP) is 2.94. The Hall–Kier alpha value is -1.62. The van der Waals surface area contributed by atoms with Gasteiger partial charge >= 0.3 is 0 Å². The Bertz CT molecular complexity index is 562. The Morgan fingerprint density at radius 3 is 2.65 bits per heavy atom. The molecule has 0 aromatic carbocycles. The van der Waals surface area contributed by atoms with Gasteiger partial charge in [-0.3, -0.25) is 0 Å². The SMILES string of the molecule is COCC(Nc1nccn2nc(C(C)C)cc12)C(C)C. The molecule has 1 N–H and O–H groups in total. The second-order valence-electron chi connectivity index (χ2n) is 5.78. The second kappa shape index (κ2) is 6.22. The minimum absolute atomic E-state index is 0.232. The van der Waals surface area contributed by atoms with Crippen molar-refractivity contribution in [1.82, 2.24) is 14.6 Å². The molecule has 0 aliphatic carbocycles. The van der Waals surface area contributed by atoms with Crippen LogP contribution in [0.5, 0.6) is 0 Å². The summed E-state index contributed by atoms with van der Waals surface area (Å²) in [5.74, 6) is 1.73. The number of nitrogens with one attached hydrogen (secondary N) is 1. The number of nitrogens with zero attached hydrogens (tertiary/aromatic N) is 3. The Kier molecular flexibility index (Phi) is 4.60. The van der Waals surface area contributed by atoms with Crippen molar-refractivity contribution >= 4 is 11.3 Å². The molecule has 0 spiro atoms. The summed E-state index contributed by atoms with van der Waals surface area (Å²) in [6.45, 7) is 9.29. The lowest BCUT2D eigenvalue weighted by atomic mass is 10.1. The number of hydrogen-bond acceptors (Lipinski definition) is 4. The van der Waals surface area contributed by atoms with Gasteiger partial charge in [-0.2, -0.15) is 5.10 Å². The number of hydrogen-bond donors (Lipinski definition) is 1. The number of methoxy groups -OCH3 is 1. The van der Waals surface area contributed by atoms with Gasteiger partial charge in [-0.15, -0.1) is 0 Å². The summed E-state index contributed by atoms with van der Waals surface area (Å²) < 4.78 is 7.16. The zero-order valence-corrected chi connectivity index (χ0v) is 12.9. The topological polar surface area (TPSA) is 51.5 Å². The van der Waals surface area contributed by atoms with Crippen molar-refractivity contribution in [3.63, 3.8) is 0 Å². The van der Waals surface area contributed by atoms with Crippen LogP contribution in [-0.2, 0) is 4.74 Å². The van der Waals surface area contributed by atoms with E-state index >= 15 is 0 Å². The largest absolute Gasteiger partial charge is 0.383 e. The third kappa shape index (κ3) is 3.10. The van der Waals surface area contributed by atoms with Crippen LogP contribution in [0.3, 0.4) is 0 Å². The highest BCUT2D eigenvalue weighted by atomic mass is 16.5. The molecule has 2 aromatic rings. The smallest absolute Gasteiger partial charge is 0.152 e. The van der Waals surface area contributed by atoms with E-state index in [4.69, 9.17) is 4.74 Å². The van der Waals surface area contributed by atoms with Crippen LogP contribution in [0, 0.1) is 5.92 Å². The van der Waals surface area contributed by atoms with Gasteiger partial charge in [0.15, 0.2) is 5.82 Å². The molecule has 2 rings (SSSR count). The van der Waals surface area contributed by atoms with Crippen LogP contribution in [0.2, 0.25) is 0 Å². The van der Waals surface area contributed by atoms with Crippen LogP contribution in [-0.4, -0.2) is 34.4 Å². The Labute approximate surface area is 120 Å². The van der Waals surface area contributed by atoms with E-state index in [1.54, 1.807) is 13.3 Å². The quantitative estimate of drug-likeness (QED) is 0.881. The molecule has 0 aliphatic heterocycles. The lowest BCUT2D eigenvalue weighted by Crippen LogP contribution is -2.31. The maximum absolute atomic E-state index is 5.28. The summed E-state index contributed by atoms with van der Waals surface area (Å²) in [4.78, 5) is 4.46. The van der Waals surface area contributed by atoms with Crippen LogP contribution in [0.15, 0.2) is 18.5 Å². The molecule has 0 bridgehead atoms. The highest BCUT2D eigenvalue weighted by Crippen LogP contribution is 2.21. The molecule has 20 heavy (non-hydrogen) atoms. The zero-order valence-electron chi connectivity index (χ0n) is 12.9. The fraction of sp³-hybridized carbons (Fsp3) is 0.600. The summed E-state index contributed by atoms with van der Waals surface area (Å²) in [5, 5.41) is 8.05. The van der Waals surface area contributed by atoms with Crippen molar-refractivity contribution in [3.8, 4) is 0 Å². The van der Waals surface area contributed by atoms with E-state index in [-0.39, 0.29) is 6.04 Å². The Balaban J connectivity index is 2.33. The molecule has 110 valence electrons. The third-order valence-electron chi connectivity index (χ3n) is 3.47. The van der Waals surface area contributed by atoms with Crippen LogP contribution in [0.4, 0.5) is 5.82 Å². The summed E-state index contributed by atoms with van der Waals surface area (Å²) in [6.07, 6.45) is 3.66. The van der Waals surface area contributed by atoms with Crippen molar-refractivity contribution in [2.45, 2.75) is 39.7 Å². The molecule has 0 saturated carbocycles. The fourth-order valence-corrected chi connectivity index (χ4v) is 2.09. The van der Waals surface area contributed by atoms with Crippen LogP contribution in [0.25, 0.3) is 5.52 Å². The summed E-state index contributed by atoms with van der Waals surface area (Å²) >= 11 is 0. The van der Waals surface area contributed by atoms with Crippen molar-refractivity contribution < 1.29 is 4.74 Å². The minimum atomic E-state index is 0.232. The van der Waals surface area contributed by atoms with E-state index in [0.29, 0.717) is 18.4 Å². The molecule has 0 radical (unpaired) electrons. The molecule has 1 atom stereocenters. The Morgan fingerprint density at radius 2 is 2.05 bits per heavy atom. The zero-order chi connectivity index (χ0) is 14.7. The first-order chi connectivity index (χ1) is 9.52. The average molecular weight is 276 g/mol. The predicted molar refractivity (Wildman–Crippen MR) is 81.2 cm³/mol.